The third kappa shape index (κ3) is 13.4. The summed E-state index contributed by atoms with van der Waals surface area (Å²) >= 11 is 0. The van der Waals surface area contributed by atoms with Crippen molar-refractivity contribution in [3.05, 3.63) is 0 Å². The molecule has 0 fully saturated rings. The summed E-state index contributed by atoms with van der Waals surface area (Å²) in [5.74, 6) is -4.52. The molecule has 33 heavy (non-hydrogen) atoms. The van der Waals surface area contributed by atoms with Crippen LogP contribution in [-0.2, 0) is 24.0 Å². The lowest BCUT2D eigenvalue weighted by molar-refractivity contribution is -0.143. The van der Waals surface area contributed by atoms with Crippen molar-refractivity contribution in [2.45, 2.75) is 82.5 Å². The van der Waals surface area contributed by atoms with E-state index in [1.807, 2.05) is 0 Å². The van der Waals surface area contributed by atoms with Crippen molar-refractivity contribution in [3.63, 3.8) is 0 Å². The molecule has 0 aromatic rings. The van der Waals surface area contributed by atoms with Crippen molar-refractivity contribution in [1.29, 1.82) is 0 Å². The van der Waals surface area contributed by atoms with Gasteiger partial charge >= 0.3 is 11.9 Å². The van der Waals surface area contributed by atoms with Gasteiger partial charge in [0.1, 0.15) is 18.1 Å². The van der Waals surface area contributed by atoms with Crippen LogP contribution in [0, 0.1) is 0 Å². The number of nitrogens with one attached hydrogen (secondary N) is 3. The summed E-state index contributed by atoms with van der Waals surface area (Å²) in [4.78, 5) is 59.5. The topological polar surface area (TPSA) is 240 Å². The zero-order valence-corrected chi connectivity index (χ0v) is 19.0. The fourth-order valence-electron chi connectivity index (χ4n) is 2.88. The number of amides is 3. The zero-order chi connectivity index (χ0) is 25.4. The van der Waals surface area contributed by atoms with Gasteiger partial charge in [0.05, 0.1) is 6.04 Å². The Hall–Kier alpha value is -2.77. The van der Waals surface area contributed by atoms with Crippen molar-refractivity contribution in [3.8, 4) is 0 Å². The first kappa shape index (κ1) is 30.2. The largest absolute Gasteiger partial charge is 0.481 e. The van der Waals surface area contributed by atoms with Gasteiger partial charge < -0.3 is 43.4 Å². The summed E-state index contributed by atoms with van der Waals surface area (Å²) in [5.41, 5.74) is 16.7. The van der Waals surface area contributed by atoms with Crippen LogP contribution in [-0.4, -0.2) is 77.1 Å². The van der Waals surface area contributed by atoms with Gasteiger partial charge in [-0.15, -0.1) is 0 Å². The molecular weight excluding hydrogens is 436 g/mol. The number of hydrogen-bond donors (Lipinski definition) is 8. The Balaban J connectivity index is 5.05. The van der Waals surface area contributed by atoms with Crippen LogP contribution in [0.15, 0.2) is 0 Å². The normalized spacial score (nSPS) is 14.4. The lowest BCUT2D eigenvalue weighted by atomic mass is 10.1. The predicted molar refractivity (Wildman–Crippen MR) is 120 cm³/mol. The number of carbonyl (C=O) groups is 5. The molecule has 190 valence electrons. The van der Waals surface area contributed by atoms with Crippen LogP contribution in [0.1, 0.15) is 58.3 Å². The molecule has 0 saturated heterocycles. The van der Waals surface area contributed by atoms with Gasteiger partial charge in [-0.2, -0.15) is 0 Å². The van der Waals surface area contributed by atoms with E-state index in [-0.39, 0.29) is 12.8 Å². The number of nitrogens with two attached hydrogens (primary N) is 3. The van der Waals surface area contributed by atoms with Gasteiger partial charge in [-0.05, 0) is 58.5 Å². The number of hydrogen-bond acceptors (Lipinski definition) is 8. The number of rotatable bonds is 18. The van der Waals surface area contributed by atoms with Gasteiger partial charge in [0, 0.05) is 6.42 Å². The average molecular weight is 475 g/mol. The lowest BCUT2D eigenvalue weighted by Gasteiger charge is -2.23. The minimum absolute atomic E-state index is 0.180. The van der Waals surface area contributed by atoms with E-state index in [4.69, 9.17) is 22.3 Å². The van der Waals surface area contributed by atoms with Crippen molar-refractivity contribution in [2.24, 2.45) is 17.2 Å². The van der Waals surface area contributed by atoms with E-state index in [1.54, 1.807) is 0 Å². The number of carboxylic acids is 2. The smallest absolute Gasteiger partial charge is 0.326 e. The molecule has 11 N–H and O–H groups in total. The molecule has 0 aliphatic heterocycles. The summed E-state index contributed by atoms with van der Waals surface area (Å²) in [7, 11) is 0. The highest BCUT2D eigenvalue weighted by Crippen LogP contribution is 2.05. The Labute approximate surface area is 193 Å². The summed E-state index contributed by atoms with van der Waals surface area (Å²) in [6.07, 6.45) is 2.28. The van der Waals surface area contributed by atoms with E-state index in [0.29, 0.717) is 38.8 Å². The van der Waals surface area contributed by atoms with Crippen LogP contribution in [0.3, 0.4) is 0 Å². The van der Waals surface area contributed by atoms with Crippen LogP contribution in [0.5, 0.6) is 0 Å². The highest BCUT2D eigenvalue weighted by atomic mass is 16.4. The number of aliphatic carboxylic acids is 2. The molecule has 4 atom stereocenters. The van der Waals surface area contributed by atoms with E-state index in [2.05, 4.69) is 16.0 Å². The van der Waals surface area contributed by atoms with E-state index in [0.717, 1.165) is 6.42 Å². The van der Waals surface area contributed by atoms with Crippen LogP contribution < -0.4 is 33.2 Å². The Morgan fingerprint density at radius 1 is 0.727 bits per heavy atom. The van der Waals surface area contributed by atoms with Gasteiger partial charge in [-0.1, -0.05) is 6.42 Å². The van der Waals surface area contributed by atoms with Gasteiger partial charge in [0.15, 0.2) is 0 Å². The summed E-state index contributed by atoms with van der Waals surface area (Å²) in [6, 6.07) is -4.31. The van der Waals surface area contributed by atoms with Crippen molar-refractivity contribution >= 4 is 29.7 Å². The molecule has 0 aromatic carbocycles. The van der Waals surface area contributed by atoms with Crippen LogP contribution in [0.2, 0.25) is 0 Å². The Kier molecular flexibility index (Phi) is 15.4. The number of unbranched alkanes of at least 4 members (excludes halogenated alkanes) is 2. The maximum absolute atomic E-state index is 12.6. The molecule has 0 aliphatic rings. The quantitative estimate of drug-likeness (QED) is 0.102. The summed E-state index contributed by atoms with van der Waals surface area (Å²) in [6.45, 7) is 2.29. The first-order valence-electron chi connectivity index (χ1n) is 11.0. The first-order chi connectivity index (χ1) is 15.5. The highest BCUT2D eigenvalue weighted by Gasteiger charge is 2.28. The van der Waals surface area contributed by atoms with Crippen molar-refractivity contribution < 1.29 is 34.2 Å². The Morgan fingerprint density at radius 2 is 1.27 bits per heavy atom. The fourth-order valence-corrected chi connectivity index (χ4v) is 2.88. The molecule has 4 unspecified atom stereocenters. The van der Waals surface area contributed by atoms with Gasteiger partial charge in [0.2, 0.25) is 17.7 Å². The molecule has 0 aliphatic carbocycles. The predicted octanol–water partition coefficient (Wildman–Crippen LogP) is -2.00. The minimum atomic E-state index is -1.42. The maximum atomic E-state index is 12.6. The average Bonchev–Trinajstić information content (AvgIpc) is 2.75. The molecule has 0 saturated carbocycles. The van der Waals surface area contributed by atoms with Gasteiger partial charge in [0.25, 0.3) is 0 Å². The van der Waals surface area contributed by atoms with Crippen LogP contribution >= 0.6 is 0 Å². The van der Waals surface area contributed by atoms with Crippen molar-refractivity contribution in [2.75, 3.05) is 13.1 Å². The summed E-state index contributed by atoms with van der Waals surface area (Å²) in [5, 5.41) is 25.3. The molecule has 0 rings (SSSR count). The van der Waals surface area contributed by atoms with E-state index < -0.39 is 60.2 Å². The lowest BCUT2D eigenvalue weighted by Crippen LogP contribution is -2.56. The first-order valence-corrected chi connectivity index (χ1v) is 11.0. The SMILES string of the molecule is CC(NC(=O)C(N)CCCCN)C(=O)NC(CCCCN)C(=O)NC(CCC(=O)O)C(=O)O. The third-order valence-corrected chi connectivity index (χ3v) is 4.90. The fraction of sp³-hybridized carbons (Fsp3) is 0.750. The number of carbonyl (C=O) groups excluding carboxylic acids is 3. The third-order valence-electron chi connectivity index (χ3n) is 4.90. The van der Waals surface area contributed by atoms with Gasteiger partial charge in [-0.3, -0.25) is 19.2 Å². The molecule has 3 amide bonds. The monoisotopic (exact) mass is 474 g/mol. The summed E-state index contributed by atoms with van der Waals surface area (Å²) < 4.78 is 0. The molecule has 0 aromatic heterocycles. The van der Waals surface area contributed by atoms with Crippen LogP contribution in [0.25, 0.3) is 0 Å². The zero-order valence-electron chi connectivity index (χ0n) is 19.0. The Bertz CT molecular complexity index is 661. The second-order valence-corrected chi connectivity index (χ2v) is 7.80. The van der Waals surface area contributed by atoms with E-state index in [9.17, 15) is 29.1 Å². The van der Waals surface area contributed by atoms with E-state index in [1.165, 1.54) is 6.92 Å². The maximum Gasteiger partial charge on any atom is 0.326 e. The molecule has 0 radical (unpaired) electrons. The standard InChI is InChI=1S/C20H38N6O7/c1-12(24-18(30)13(23)6-2-4-10-21)17(29)25-14(7-3-5-11-22)19(31)26-15(20(32)33)8-9-16(27)28/h12-15H,2-11,21-23H2,1H3,(H,24,30)(H,25,29)(H,26,31)(H,27,28)(H,32,33). The second-order valence-electron chi connectivity index (χ2n) is 7.80. The molecule has 13 heteroatoms. The van der Waals surface area contributed by atoms with E-state index >= 15 is 0 Å². The minimum Gasteiger partial charge on any atom is -0.481 e. The molecule has 13 nitrogen and oxygen atoms in total. The molecule has 0 spiro atoms. The molecular formula is C20H38N6O7. The van der Waals surface area contributed by atoms with Crippen molar-refractivity contribution in [1.82, 2.24) is 16.0 Å². The van der Waals surface area contributed by atoms with Crippen LogP contribution in [0.4, 0.5) is 0 Å². The second kappa shape index (κ2) is 16.8. The highest BCUT2D eigenvalue weighted by molar-refractivity contribution is 5.93. The number of carboxylic acid groups (broad SMARTS) is 2. The molecule has 0 bridgehead atoms. The molecule has 0 heterocycles. The van der Waals surface area contributed by atoms with Gasteiger partial charge in [-0.25, -0.2) is 4.79 Å². The Morgan fingerprint density at radius 3 is 1.79 bits per heavy atom.